The number of benzene rings is 2. The molecule has 0 saturated carbocycles. The quantitative estimate of drug-likeness (QED) is 0.676. The lowest BCUT2D eigenvalue weighted by atomic mass is 10.1. The summed E-state index contributed by atoms with van der Waals surface area (Å²) in [5.41, 5.74) is -0.0241. The minimum Gasteiger partial charge on any atom is -0.508 e. The van der Waals surface area contributed by atoms with E-state index in [1.807, 2.05) is 0 Å². The first-order chi connectivity index (χ1) is 9.08. The lowest BCUT2D eigenvalue weighted by molar-refractivity contribution is 0.104. The molecule has 0 radical (unpaired) electrons. The first-order valence-corrected chi connectivity index (χ1v) is 5.53. The van der Waals surface area contributed by atoms with Crippen molar-refractivity contribution in [3.05, 3.63) is 71.3 Å². The number of carbonyl (C=O) groups is 1. The van der Waals surface area contributed by atoms with E-state index in [4.69, 9.17) is 0 Å². The van der Waals surface area contributed by atoms with Crippen molar-refractivity contribution >= 4 is 11.9 Å². The van der Waals surface area contributed by atoms with E-state index in [9.17, 15) is 18.7 Å². The van der Waals surface area contributed by atoms with Crippen molar-refractivity contribution in [3.8, 4) is 5.75 Å². The average molecular weight is 260 g/mol. The standard InChI is InChI=1S/C15H10F2O2/c16-12-5-2-6-13(17)15(12)14(19)8-7-10-3-1-4-11(18)9-10/h1-9,18H/b8-7+. The van der Waals surface area contributed by atoms with Gasteiger partial charge in [-0.15, -0.1) is 0 Å². The van der Waals surface area contributed by atoms with E-state index in [-0.39, 0.29) is 5.75 Å². The fraction of sp³-hybridized carbons (Fsp3) is 0. The summed E-state index contributed by atoms with van der Waals surface area (Å²) in [4.78, 5) is 11.7. The number of allylic oxidation sites excluding steroid dienone is 1. The zero-order chi connectivity index (χ0) is 13.8. The summed E-state index contributed by atoms with van der Waals surface area (Å²) in [6.45, 7) is 0. The number of hydrogen-bond acceptors (Lipinski definition) is 2. The van der Waals surface area contributed by atoms with Gasteiger partial charge in [-0.05, 0) is 35.9 Å². The maximum atomic E-state index is 13.4. The van der Waals surface area contributed by atoms with Gasteiger partial charge < -0.3 is 5.11 Å². The summed E-state index contributed by atoms with van der Waals surface area (Å²) in [7, 11) is 0. The summed E-state index contributed by atoms with van der Waals surface area (Å²) >= 11 is 0. The van der Waals surface area contributed by atoms with Gasteiger partial charge >= 0.3 is 0 Å². The summed E-state index contributed by atoms with van der Waals surface area (Å²) < 4.78 is 26.7. The highest BCUT2D eigenvalue weighted by Crippen LogP contribution is 2.15. The van der Waals surface area contributed by atoms with Crippen molar-refractivity contribution < 1.29 is 18.7 Å². The topological polar surface area (TPSA) is 37.3 Å². The van der Waals surface area contributed by atoms with Crippen molar-refractivity contribution in [2.45, 2.75) is 0 Å². The van der Waals surface area contributed by atoms with Crippen molar-refractivity contribution in [2.24, 2.45) is 0 Å². The Morgan fingerprint density at radius 2 is 1.68 bits per heavy atom. The number of rotatable bonds is 3. The molecule has 0 fully saturated rings. The highest BCUT2D eigenvalue weighted by molar-refractivity contribution is 6.07. The summed E-state index contributed by atoms with van der Waals surface area (Å²) in [6, 6.07) is 9.42. The third kappa shape index (κ3) is 3.04. The van der Waals surface area contributed by atoms with Crippen LogP contribution in [-0.2, 0) is 0 Å². The predicted octanol–water partition coefficient (Wildman–Crippen LogP) is 3.57. The Balaban J connectivity index is 2.27. The molecule has 0 heterocycles. The SMILES string of the molecule is O=C(/C=C/c1cccc(O)c1)c1c(F)cccc1F. The van der Waals surface area contributed by atoms with Gasteiger partial charge in [0.25, 0.3) is 0 Å². The summed E-state index contributed by atoms with van der Waals surface area (Å²) in [5.74, 6) is -2.51. The van der Waals surface area contributed by atoms with Gasteiger partial charge in [-0.3, -0.25) is 4.79 Å². The van der Waals surface area contributed by atoms with Crippen molar-refractivity contribution in [1.82, 2.24) is 0 Å². The Bertz CT molecular complexity index is 628. The van der Waals surface area contributed by atoms with E-state index in [0.717, 1.165) is 18.2 Å². The van der Waals surface area contributed by atoms with Crippen molar-refractivity contribution in [1.29, 1.82) is 0 Å². The second kappa shape index (κ2) is 5.44. The van der Waals surface area contributed by atoms with Crippen LogP contribution in [0.15, 0.2) is 48.5 Å². The molecule has 0 aliphatic carbocycles. The molecule has 2 aromatic carbocycles. The zero-order valence-electron chi connectivity index (χ0n) is 9.81. The Morgan fingerprint density at radius 1 is 1.05 bits per heavy atom. The van der Waals surface area contributed by atoms with Crippen LogP contribution in [0.3, 0.4) is 0 Å². The molecule has 19 heavy (non-hydrogen) atoms. The highest BCUT2D eigenvalue weighted by Gasteiger charge is 2.14. The number of carbonyl (C=O) groups excluding carboxylic acids is 1. The maximum Gasteiger partial charge on any atom is 0.191 e. The van der Waals surface area contributed by atoms with Crippen LogP contribution in [0.1, 0.15) is 15.9 Å². The van der Waals surface area contributed by atoms with Gasteiger partial charge in [0, 0.05) is 0 Å². The summed E-state index contributed by atoms with van der Waals surface area (Å²) in [5, 5.41) is 9.24. The van der Waals surface area contributed by atoms with Crippen LogP contribution < -0.4 is 0 Å². The second-order valence-electron chi connectivity index (χ2n) is 3.89. The van der Waals surface area contributed by atoms with Gasteiger partial charge in [-0.1, -0.05) is 24.3 Å². The van der Waals surface area contributed by atoms with E-state index >= 15 is 0 Å². The fourth-order valence-electron chi connectivity index (χ4n) is 1.62. The summed E-state index contributed by atoms with van der Waals surface area (Å²) in [6.07, 6.45) is 2.45. The normalized spacial score (nSPS) is 10.8. The number of phenolic OH excluding ortho intramolecular Hbond substituents is 1. The van der Waals surface area contributed by atoms with E-state index in [0.29, 0.717) is 5.56 Å². The third-order valence-electron chi connectivity index (χ3n) is 2.51. The molecule has 0 unspecified atom stereocenters. The van der Waals surface area contributed by atoms with Crippen LogP contribution in [-0.4, -0.2) is 10.9 Å². The lowest BCUT2D eigenvalue weighted by Crippen LogP contribution is -2.02. The van der Waals surface area contributed by atoms with Crippen molar-refractivity contribution in [3.63, 3.8) is 0 Å². The second-order valence-corrected chi connectivity index (χ2v) is 3.89. The Labute approximate surface area is 108 Å². The molecule has 0 aliphatic rings. The van der Waals surface area contributed by atoms with E-state index in [1.165, 1.54) is 24.3 Å². The molecule has 0 atom stereocenters. The van der Waals surface area contributed by atoms with Gasteiger partial charge in [-0.25, -0.2) is 8.78 Å². The first-order valence-electron chi connectivity index (χ1n) is 5.53. The molecule has 2 aromatic rings. The van der Waals surface area contributed by atoms with E-state index in [2.05, 4.69) is 0 Å². The molecule has 0 spiro atoms. The number of ketones is 1. The fourth-order valence-corrected chi connectivity index (χ4v) is 1.62. The Kier molecular flexibility index (Phi) is 3.71. The van der Waals surface area contributed by atoms with Crippen LogP contribution in [0.4, 0.5) is 8.78 Å². The minimum atomic E-state index is -0.898. The number of halogens is 2. The number of hydrogen-bond donors (Lipinski definition) is 1. The molecular formula is C15H10F2O2. The highest BCUT2D eigenvalue weighted by atomic mass is 19.1. The molecule has 2 rings (SSSR count). The molecule has 4 heteroatoms. The van der Waals surface area contributed by atoms with E-state index < -0.39 is 23.0 Å². The molecule has 0 aliphatic heterocycles. The van der Waals surface area contributed by atoms with Crippen LogP contribution in [0.2, 0.25) is 0 Å². The Hall–Kier alpha value is -2.49. The number of aromatic hydroxyl groups is 1. The molecule has 0 bridgehead atoms. The van der Waals surface area contributed by atoms with Gasteiger partial charge in [0.1, 0.15) is 17.4 Å². The van der Waals surface area contributed by atoms with Crippen LogP contribution in [0.5, 0.6) is 5.75 Å². The third-order valence-corrected chi connectivity index (χ3v) is 2.51. The average Bonchev–Trinajstić information content (AvgIpc) is 2.36. The first kappa shape index (κ1) is 13.0. The smallest absolute Gasteiger partial charge is 0.191 e. The minimum absolute atomic E-state index is 0.0478. The van der Waals surface area contributed by atoms with Crippen LogP contribution in [0.25, 0.3) is 6.08 Å². The molecule has 2 nitrogen and oxygen atoms in total. The molecule has 1 N–H and O–H groups in total. The molecule has 0 aromatic heterocycles. The predicted molar refractivity (Wildman–Crippen MR) is 67.8 cm³/mol. The maximum absolute atomic E-state index is 13.4. The van der Waals surface area contributed by atoms with Crippen molar-refractivity contribution in [2.75, 3.05) is 0 Å². The van der Waals surface area contributed by atoms with Gasteiger partial charge in [0.15, 0.2) is 5.78 Å². The largest absolute Gasteiger partial charge is 0.508 e. The lowest BCUT2D eigenvalue weighted by Gasteiger charge is -2.00. The van der Waals surface area contributed by atoms with Crippen LogP contribution >= 0.6 is 0 Å². The van der Waals surface area contributed by atoms with Gasteiger partial charge in [0.2, 0.25) is 0 Å². The zero-order valence-corrected chi connectivity index (χ0v) is 9.81. The van der Waals surface area contributed by atoms with Gasteiger partial charge in [0.05, 0.1) is 5.56 Å². The molecule has 0 saturated heterocycles. The Morgan fingerprint density at radius 3 is 2.32 bits per heavy atom. The molecule has 0 amide bonds. The molecule has 96 valence electrons. The molecular weight excluding hydrogens is 250 g/mol. The monoisotopic (exact) mass is 260 g/mol. The van der Waals surface area contributed by atoms with Gasteiger partial charge in [-0.2, -0.15) is 0 Å². The number of phenols is 1. The van der Waals surface area contributed by atoms with Crippen LogP contribution in [0, 0.1) is 11.6 Å². The van der Waals surface area contributed by atoms with E-state index in [1.54, 1.807) is 12.1 Å².